The molecule has 0 saturated heterocycles. The van der Waals surface area contributed by atoms with Crippen LogP contribution in [0.3, 0.4) is 0 Å². The summed E-state index contributed by atoms with van der Waals surface area (Å²) < 4.78 is 5.01. The summed E-state index contributed by atoms with van der Waals surface area (Å²) in [5.41, 5.74) is 0.377. The molecule has 0 saturated carbocycles. The van der Waals surface area contributed by atoms with Gasteiger partial charge in [0.1, 0.15) is 0 Å². The summed E-state index contributed by atoms with van der Waals surface area (Å²) in [6, 6.07) is 1.57. The molecule has 0 atom stereocenters. The van der Waals surface area contributed by atoms with Gasteiger partial charge in [-0.05, 0) is 28.1 Å². The number of ether oxygens (including phenoxy) is 1. The average Bonchev–Trinajstić information content (AvgIpc) is 2.56. The van der Waals surface area contributed by atoms with Crippen molar-refractivity contribution in [3.63, 3.8) is 0 Å². The Bertz CT molecular complexity index is 426. The van der Waals surface area contributed by atoms with Gasteiger partial charge in [-0.1, -0.05) is 11.3 Å². The van der Waals surface area contributed by atoms with Crippen molar-refractivity contribution >= 4 is 44.3 Å². The van der Waals surface area contributed by atoms with Crippen LogP contribution in [0.15, 0.2) is 15.9 Å². The first kappa shape index (κ1) is 11.9. The van der Waals surface area contributed by atoms with Gasteiger partial charge in [0.2, 0.25) is 0 Å². The SMILES string of the molecule is COC(=O)C=Cc1cc(Br)sc1[N+](=O)[O-]. The Morgan fingerprint density at radius 1 is 1.73 bits per heavy atom. The Hall–Kier alpha value is -1.21. The van der Waals surface area contributed by atoms with E-state index in [9.17, 15) is 14.9 Å². The molecule has 0 amide bonds. The van der Waals surface area contributed by atoms with Gasteiger partial charge in [-0.15, -0.1) is 0 Å². The van der Waals surface area contributed by atoms with E-state index in [4.69, 9.17) is 0 Å². The lowest BCUT2D eigenvalue weighted by atomic mass is 10.3. The topological polar surface area (TPSA) is 69.4 Å². The molecule has 0 aliphatic heterocycles. The van der Waals surface area contributed by atoms with E-state index >= 15 is 0 Å². The number of esters is 1. The van der Waals surface area contributed by atoms with Crippen LogP contribution in [0, 0.1) is 10.1 Å². The van der Waals surface area contributed by atoms with Crippen LogP contribution in [-0.2, 0) is 9.53 Å². The predicted molar refractivity (Wildman–Crippen MR) is 59.7 cm³/mol. The molecule has 0 aromatic carbocycles. The van der Waals surface area contributed by atoms with E-state index in [0.29, 0.717) is 9.35 Å². The fourth-order valence-electron chi connectivity index (χ4n) is 0.853. The van der Waals surface area contributed by atoms with Crippen LogP contribution in [0.4, 0.5) is 5.00 Å². The molecule has 80 valence electrons. The zero-order valence-electron chi connectivity index (χ0n) is 7.60. The molecule has 1 rings (SSSR count). The second-order valence-corrected chi connectivity index (χ2v) is 4.83. The summed E-state index contributed by atoms with van der Waals surface area (Å²) in [6.45, 7) is 0. The van der Waals surface area contributed by atoms with Crippen molar-refractivity contribution in [2.45, 2.75) is 0 Å². The summed E-state index contributed by atoms with van der Waals surface area (Å²) in [6.07, 6.45) is 2.49. The van der Waals surface area contributed by atoms with Gasteiger partial charge in [0, 0.05) is 6.08 Å². The lowest BCUT2D eigenvalue weighted by Gasteiger charge is -1.89. The third kappa shape index (κ3) is 3.14. The number of hydrogen-bond donors (Lipinski definition) is 0. The molecule has 0 bridgehead atoms. The van der Waals surface area contributed by atoms with Crippen LogP contribution in [0.2, 0.25) is 0 Å². The molecule has 15 heavy (non-hydrogen) atoms. The zero-order valence-corrected chi connectivity index (χ0v) is 10.0. The number of thiophene rings is 1. The highest BCUT2D eigenvalue weighted by molar-refractivity contribution is 9.11. The maximum Gasteiger partial charge on any atom is 0.332 e. The van der Waals surface area contributed by atoms with E-state index in [-0.39, 0.29) is 5.00 Å². The molecule has 0 fully saturated rings. The van der Waals surface area contributed by atoms with E-state index < -0.39 is 10.9 Å². The number of carbonyl (C=O) groups excluding carboxylic acids is 1. The van der Waals surface area contributed by atoms with Crippen LogP contribution >= 0.6 is 27.3 Å². The van der Waals surface area contributed by atoms with E-state index in [1.54, 1.807) is 6.07 Å². The molecular weight excluding hydrogens is 286 g/mol. The fraction of sp³-hybridized carbons (Fsp3) is 0.125. The summed E-state index contributed by atoms with van der Waals surface area (Å²) in [5, 5.41) is 10.6. The van der Waals surface area contributed by atoms with Gasteiger partial charge >= 0.3 is 11.0 Å². The molecule has 0 spiro atoms. The first-order valence-electron chi connectivity index (χ1n) is 3.74. The third-order valence-electron chi connectivity index (χ3n) is 1.48. The van der Waals surface area contributed by atoms with Crippen molar-refractivity contribution in [3.05, 3.63) is 31.6 Å². The third-order valence-corrected chi connectivity index (χ3v) is 3.08. The minimum absolute atomic E-state index is 0.0120. The quantitative estimate of drug-likeness (QED) is 0.371. The maximum atomic E-state index is 10.8. The monoisotopic (exact) mass is 291 g/mol. The Morgan fingerprint density at radius 2 is 2.40 bits per heavy atom. The van der Waals surface area contributed by atoms with Crippen LogP contribution < -0.4 is 0 Å². The van der Waals surface area contributed by atoms with Crippen LogP contribution in [0.25, 0.3) is 6.08 Å². The molecule has 1 heterocycles. The number of halogens is 1. The standard InChI is InChI=1S/C8H6BrNO4S/c1-14-7(11)3-2-5-4-6(9)15-8(5)10(12)13/h2-4H,1H3. The number of nitrogens with zero attached hydrogens (tertiary/aromatic N) is 1. The van der Waals surface area contributed by atoms with Crippen molar-refractivity contribution in [1.82, 2.24) is 0 Å². The van der Waals surface area contributed by atoms with Crippen LogP contribution in [0.1, 0.15) is 5.56 Å². The lowest BCUT2D eigenvalue weighted by Crippen LogP contribution is -1.93. The predicted octanol–water partition coefficient (Wildman–Crippen LogP) is 2.61. The molecule has 0 unspecified atom stereocenters. The van der Waals surface area contributed by atoms with E-state index in [1.165, 1.54) is 13.2 Å². The van der Waals surface area contributed by atoms with Gasteiger partial charge in [0.25, 0.3) is 0 Å². The number of rotatable bonds is 3. The molecule has 7 heteroatoms. The summed E-state index contributed by atoms with van der Waals surface area (Å²) >= 11 is 4.14. The summed E-state index contributed by atoms with van der Waals surface area (Å²) in [7, 11) is 1.24. The van der Waals surface area contributed by atoms with Crippen LogP contribution in [-0.4, -0.2) is 18.0 Å². The molecule has 0 radical (unpaired) electrons. The van der Waals surface area contributed by atoms with Gasteiger partial charge in [0.15, 0.2) is 0 Å². The fourth-order valence-corrected chi connectivity index (χ4v) is 2.25. The van der Waals surface area contributed by atoms with Gasteiger partial charge in [-0.3, -0.25) is 10.1 Å². The van der Waals surface area contributed by atoms with E-state index in [2.05, 4.69) is 20.7 Å². The van der Waals surface area contributed by atoms with Gasteiger partial charge in [0.05, 0.1) is 21.4 Å². The van der Waals surface area contributed by atoms with Gasteiger partial charge < -0.3 is 4.74 Å². The molecule has 0 N–H and O–H groups in total. The molecule has 1 aromatic heterocycles. The largest absolute Gasteiger partial charge is 0.466 e. The van der Waals surface area contributed by atoms with Crippen molar-refractivity contribution in [3.8, 4) is 0 Å². The molecule has 1 aromatic rings. The van der Waals surface area contributed by atoms with Crippen molar-refractivity contribution < 1.29 is 14.5 Å². The average molecular weight is 292 g/mol. The summed E-state index contributed by atoms with van der Waals surface area (Å²) in [5.74, 6) is -0.549. The number of hydrogen-bond acceptors (Lipinski definition) is 5. The minimum Gasteiger partial charge on any atom is -0.466 e. The normalized spacial score (nSPS) is 10.5. The Kier molecular flexibility index (Phi) is 3.98. The first-order valence-corrected chi connectivity index (χ1v) is 5.35. The highest BCUT2D eigenvalue weighted by atomic mass is 79.9. The summed E-state index contributed by atoms with van der Waals surface area (Å²) in [4.78, 5) is 20.9. The van der Waals surface area contributed by atoms with Crippen molar-refractivity contribution in [1.29, 1.82) is 0 Å². The maximum absolute atomic E-state index is 10.8. The second-order valence-electron chi connectivity index (χ2n) is 2.42. The van der Waals surface area contributed by atoms with Crippen molar-refractivity contribution in [2.24, 2.45) is 0 Å². The van der Waals surface area contributed by atoms with Crippen LogP contribution in [0.5, 0.6) is 0 Å². The van der Waals surface area contributed by atoms with E-state index in [0.717, 1.165) is 17.4 Å². The Labute approximate surface area is 97.6 Å². The number of methoxy groups -OCH3 is 1. The number of carbonyl (C=O) groups is 1. The van der Waals surface area contributed by atoms with Crippen molar-refractivity contribution in [2.75, 3.05) is 7.11 Å². The van der Waals surface area contributed by atoms with E-state index in [1.807, 2.05) is 0 Å². The zero-order chi connectivity index (χ0) is 11.4. The lowest BCUT2D eigenvalue weighted by molar-refractivity contribution is -0.380. The van der Waals surface area contributed by atoms with Gasteiger partial charge in [-0.25, -0.2) is 4.79 Å². The molecule has 0 aliphatic carbocycles. The second kappa shape index (κ2) is 5.04. The first-order chi connectivity index (χ1) is 7.04. The molecular formula is C8H6BrNO4S. The minimum atomic E-state index is -0.549. The molecule has 5 nitrogen and oxygen atoms in total. The highest BCUT2D eigenvalue weighted by Crippen LogP contribution is 2.34. The Balaban J connectivity index is 2.98. The number of nitro groups is 1. The highest BCUT2D eigenvalue weighted by Gasteiger charge is 2.16. The smallest absolute Gasteiger partial charge is 0.332 e. The Morgan fingerprint density at radius 3 is 2.93 bits per heavy atom. The molecule has 0 aliphatic rings. The van der Waals surface area contributed by atoms with Gasteiger partial charge in [-0.2, -0.15) is 0 Å².